The molecule has 0 fully saturated rings. The molecule has 1 aromatic carbocycles. The molecule has 0 unspecified atom stereocenters. The Kier molecular flexibility index (Phi) is 3.57. The Morgan fingerprint density at radius 2 is 2.00 bits per heavy atom. The van der Waals surface area contributed by atoms with Crippen LogP contribution < -0.4 is 0 Å². The SMILES string of the molecule is Cc1cn(CCCc2ccccc2)c(=S)[nH]1. The third-order valence-electron chi connectivity index (χ3n) is 2.62. The van der Waals surface area contributed by atoms with E-state index in [0.717, 1.165) is 29.9 Å². The third-order valence-corrected chi connectivity index (χ3v) is 2.96. The summed E-state index contributed by atoms with van der Waals surface area (Å²) in [5.74, 6) is 0. The van der Waals surface area contributed by atoms with Crippen molar-refractivity contribution in [1.29, 1.82) is 0 Å². The molecule has 3 heteroatoms. The van der Waals surface area contributed by atoms with Crippen LogP contribution >= 0.6 is 12.2 Å². The molecule has 1 aromatic heterocycles. The summed E-state index contributed by atoms with van der Waals surface area (Å²) in [6.45, 7) is 3.02. The molecule has 0 atom stereocenters. The summed E-state index contributed by atoms with van der Waals surface area (Å²) >= 11 is 5.21. The van der Waals surface area contributed by atoms with E-state index in [1.54, 1.807) is 0 Å². The van der Waals surface area contributed by atoms with Crippen LogP contribution in [0.2, 0.25) is 0 Å². The van der Waals surface area contributed by atoms with Gasteiger partial charge in [-0.25, -0.2) is 0 Å². The lowest BCUT2D eigenvalue weighted by atomic mass is 10.1. The predicted molar refractivity (Wildman–Crippen MR) is 69.1 cm³/mol. The lowest BCUT2D eigenvalue weighted by molar-refractivity contribution is 0.635. The van der Waals surface area contributed by atoms with Gasteiger partial charge >= 0.3 is 0 Å². The van der Waals surface area contributed by atoms with Crippen molar-refractivity contribution in [3.8, 4) is 0 Å². The van der Waals surface area contributed by atoms with Crippen LogP contribution in [0.4, 0.5) is 0 Å². The first-order valence-electron chi connectivity index (χ1n) is 5.56. The fraction of sp³-hybridized carbons (Fsp3) is 0.308. The molecular formula is C13H16N2S. The second kappa shape index (κ2) is 5.12. The van der Waals surface area contributed by atoms with Gasteiger partial charge in [-0.3, -0.25) is 0 Å². The zero-order valence-electron chi connectivity index (χ0n) is 9.44. The maximum Gasteiger partial charge on any atom is 0.177 e. The second-order valence-electron chi connectivity index (χ2n) is 4.02. The molecule has 1 N–H and O–H groups in total. The van der Waals surface area contributed by atoms with E-state index >= 15 is 0 Å². The summed E-state index contributed by atoms with van der Waals surface area (Å²) in [6.07, 6.45) is 4.30. The predicted octanol–water partition coefficient (Wildman–Crippen LogP) is 3.49. The zero-order chi connectivity index (χ0) is 11.4. The van der Waals surface area contributed by atoms with Crippen molar-refractivity contribution in [3.63, 3.8) is 0 Å². The van der Waals surface area contributed by atoms with Crippen LogP contribution in [0.15, 0.2) is 36.5 Å². The fourth-order valence-electron chi connectivity index (χ4n) is 1.83. The van der Waals surface area contributed by atoms with Gasteiger partial charge in [-0.05, 0) is 37.5 Å². The summed E-state index contributed by atoms with van der Waals surface area (Å²) in [7, 11) is 0. The Bertz CT molecular complexity index is 496. The molecule has 0 bridgehead atoms. The lowest BCUT2D eigenvalue weighted by Gasteiger charge is -2.02. The molecule has 2 aromatic rings. The van der Waals surface area contributed by atoms with Gasteiger partial charge < -0.3 is 9.55 Å². The number of aromatic nitrogens is 2. The molecule has 16 heavy (non-hydrogen) atoms. The van der Waals surface area contributed by atoms with Crippen molar-refractivity contribution in [2.24, 2.45) is 0 Å². The molecule has 0 aliphatic carbocycles. The summed E-state index contributed by atoms with van der Waals surface area (Å²) in [5, 5.41) is 0. The topological polar surface area (TPSA) is 20.7 Å². The van der Waals surface area contributed by atoms with Gasteiger partial charge in [0.1, 0.15) is 0 Å². The van der Waals surface area contributed by atoms with Gasteiger partial charge in [0.25, 0.3) is 0 Å². The molecule has 2 nitrogen and oxygen atoms in total. The zero-order valence-corrected chi connectivity index (χ0v) is 10.3. The minimum Gasteiger partial charge on any atom is -0.335 e. The number of nitrogens with zero attached hydrogens (tertiary/aromatic N) is 1. The number of aromatic amines is 1. The van der Waals surface area contributed by atoms with Crippen LogP contribution in [0.25, 0.3) is 0 Å². The van der Waals surface area contributed by atoms with Crippen LogP contribution in [0.1, 0.15) is 17.7 Å². The van der Waals surface area contributed by atoms with E-state index in [-0.39, 0.29) is 0 Å². The molecular weight excluding hydrogens is 216 g/mol. The normalized spacial score (nSPS) is 10.6. The Morgan fingerprint density at radius 1 is 1.25 bits per heavy atom. The largest absolute Gasteiger partial charge is 0.335 e. The summed E-state index contributed by atoms with van der Waals surface area (Å²) < 4.78 is 2.93. The number of benzene rings is 1. The molecule has 0 saturated heterocycles. The molecule has 0 spiro atoms. The highest BCUT2D eigenvalue weighted by molar-refractivity contribution is 7.71. The number of nitrogens with one attached hydrogen (secondary N) is 1. The van der Waals surface area contributed by atoms with E-state index in [9.17, 15) is 0 Å². The monoisotopic (exact) mass is 232 g/mol. The molecule has 2 rings (SSSR count). The van der Waals surface area contributed by atoms with E-state index in [0.29, 0.717) is 0 Å². The van der Waals surface area contributed by atoms with Crippen molar-refractivity contribution in [2.45, 2.75) is 26.3 Å². The summed E-state index contributed by atoms with van der Waals surface area (Å²) in [4.78, 5) is 3.13. The Balaban J connectivity index is 1.89. The van der Waals surface area contributed by atoms with Gasteiger partial charge in [0, 0.05) is 18.4 Å². The number of hydrogen-bond acceptors (Lipinski definition) is 1. The number of rotatable bonds is 4. The number of H-pyrrole nitrogens is 1. The highest BCUT2D eigenvalue weighted by atomic mass is 32.1. The van der Waals surface area contributed by atoms with Gasteiger partial charge in [0.2, 0.25) is 0 Å². The van der Waals surface area contributed by atoms with Gasteiger partial charge in [0.15, 0.2) is 4.77 Å². The van der Waals surface area contributed by atoms with Gasteiger partial charge in [-0.15, -0.1) is 0 Å². The smallest absolute Gasteiger partial charge is 0.177 e. The highest BCUT2D eigenvalue weighted by Gasteiger charge is 1.97. The molecule has 0 amide bonds. The average Bonchev–Trinajstić information content (AvgIpc) is 2.59. The highest BCUT2D eigenvalue weighted by Crippen LogP contribution is 2.05. The van der Waals surface area contributed by atoms with Crippen molar-refractivity contribution < 1.29 is 0 Å². The first-order valence-corrected chi connectivity index (χ1v) is 5.96. The summed E-state index contributed by atoms with van der Waals surface area (Å²) in [5.41, 5.74) is 2.52. The first-order chi connectivity index (χ1) is 7.75. The Hall–Kier alpha value is -1.35. The molecule has 0 aliphatic rings. The van der Waals surface area contributed by atoms with Crippen LogP contribution in [0.5, 0.6) is 0 Å². The van der Waals surface area contributed by atoms with Gasteiger partial charge in [-0.1, -0.05) is 30.3 Å². The van der Waals surface area contributed by atoms with Crippen LogP contribution in [-0.4, -0.2) is 9.55 Å². The van der Waals surface area contributed by atoms with Gasteiger partial charge in [0.05, 0.1) is 0 Å². The Morgan fingerprint density at radius 3 is 2.62 bits per heavy atom. The summed E-state index contributed by atoms with van der Waals surface area (Å²) in [6, 6.07) is 10.6. The average molecular weight is 232 g/mol. The van der Waals surface area contributed by atoms with Crippen molar-refractivity contribution in [3.05, 3.63) is 52.6 Å². The van der Waals surface area contributed by atoms with Crippen molar-refractivity contribution in [1.82, 2.24) is 9.55 Å². The molecule has 0 saturated carbocycles. The van der Waals surface area contributed by atoms with E-state index in [4.69, 9.17) is 12.2 Å². The minimum atomic E-state index is 0.825. The van der Waals surface area contributed by atoms with Crippen LogP contribution in [-0.2, 0) is 13.0 Å². The van der Waals surface area contributed by atoms with Gasteiger partial charge in [-0.2, -0.15) is 0 Å². The van der Waals surface area contributed by atoms with Crippen LogP contribution in [0.3, 0.4) is 0 Å². The molecule has 84 valence electrons. The number of hydrogen-bond donors (Lipinski definition) is 1. The van der Waals surface area contributed by atoms with E-state index in [1.165, 1.54) is 5.56 Å². The second-order valence-corrected chi connectivity index (χ2v) is 4.41. The lowest BCUT2D eigenvalue weighted by Crippen LogP contribution is -1.98. The molecule has 0 radical (unpaired) electrons. The van der Waals surface area contributed by atoms with Crippen molar-refractivity contribution in [2.75, 3.05) is 0 Å². The Labute approximate surface area is 101 Å². The van der Waals surface area contributed by atoms with Crippen LogP contribution in [0, 0.1) is 11.7 Å². The maximum atomic E-state index is 5.21. The third kappa shape index (κ3) is 2.83. The van der Waals surface area contributed by atoms with E-state index in [1.807, 2.05) is 6.92 Å². The molecule has 0 aliphatic heterocycles. The maximum absolute atomic E-state index is 5.21. The van der Waals surface area contributed by atoms with E-state index in [2.05, 4.69) is 46.1 Å². The standard InChI is InChI=1S/C13H16N2S/c1-11-10-15(13(16)14-11)9-5-8-12-6-3-2-4-7-12/h2-4,6-7,10H,5,8-9H2,1H3,(H,14,16). The fourth-order valence-corrected chi connectivity index (χ4v) is 2.13. The van der Waals surface area contributed by atoms with E-state index < -0.39 is 0 Å². The first kappa shape index (κ1) is 11.1. The number of imidazole rings is 1. The number of aryl methyl sites for hydroxylation is 3. The molecule has 1 heterocycles. The quantitative estimate of drug-likeness (QED) is 0.800. The minimum absolute atomic E-state index is 0.825. The van der Waals surface area contributed by atoms with Crippen molar-refractivity contribution >= 4 is 12.2 Å².